The van der Waals surface area contributed by atoms with Gasteiger partial charge in [0.05, 0.1) is 12.8 Å². The van der Waals surface area contributed by atoms with Crippen molar-refractivity contribution < 1.29 is 21.6 Å². The normalized spacial score (nSPS) is 11.8. The van der Waals surface area contributed by atoms with Gasteiger partial charge in [-0.15, -0.1) is 0 Å². The molecule has 0 radical (unpaired) electrons. The third kappa shape index (κ3) is 3.92. The molecule has 0 unspecified atom stereocenters. The highest BCUT2D eigenvalue weighted by Gasteiger charge is 2.29. The summed E-state index contributed by atoms with van der Waals surface area (Å²) < 4.78 is 59.2. The first-order valence-electron chi connectivity index (χ1n) is 7.33. The lowest BCUT2D eigenvalue weighted by Crippen LogP contribution is -2.31. The Balaban J connectivity index is 1.99. The van der Waals surface area contributed by atoms with Gasteiger partial charge in [0.25, 0.3) is 0 Å². The minimum absolute atomic E-state index is 0.0340. The van der Waals surface area contributed by atoms with Crippen LogP contribution in [0, 0.1) is 11.6 Å². The van der Waals surface area contributed by atoms with E-state index < -0.39 is 26.6 Å². The van der Waals surface area contributed by atoms with Crippen molar-refractivity contribution in [2.24, 2.45) is 0 Å². The summed E-state index contributed by atoms with van der Waals surface area (Å²) in [6.45, 7) is -0.130. The van der Waals surface area contributed by atoms with Gasteiger partial charge in [-0.1, -0.05) is 6.07 Å². The highest BCUT2D eigenvalue weighted by Crippen LogP contribution is 2.24. The van der Waals surface area contributed by atoms with E-state index in [2.05, 4.69) is 4.98 Å². The van der Waals surface area contributed by atoms with Gasteiger partial charge >= 0.3 is 0 Å². The molecule has 0 atom stereocenters. The number of benzene rings is 1. The van der Waals surface area contributed by atoms with E-state index in [9.17, 15) is 17.2 Å². The maximum atomic E-state index is 14.0. The van der Waals surface area contributed by atoms with Crippen LogP contribution in [-0.2, 0) is 23.1 Å². The third-order valence-electron chi connectivity index (χ3n) is 3.51. The van der Waals surface area contributed by atoms with Crippen molar-refractivity contribution >= 4 is 10.0 Å². The fourth-order valence-electron chi connectivity index (χ4n) is 2.32. The van der Waals surface area contributed by atoms with Crippen molar-refractivity contribution in [1.82, 2.24) is 9.29 Å². The van der Waals surface area contributed by atoms with Crippen LogP contribution < -0.4 is 0 Å². The predicted octanol–water partition coefficient (Wildman–Crippen LogP) is 3.34. The van der Waals surface area contributed by atoms with Crippen LogP contribution in [0.5, 0.6) is 0 Å². The topological polar surface area (TPSA) is 63.4 Å². The first kappa shape index (κ1) is 17.2. The number of furan rings is 1. The summed E-state index contributed by atoms with van der Waals surface area (Å²) in [6.07, 6.45) is 4.50. The van der Waals surface area contributed by atoms with Gasteiger partial charge in [0.1, 0.15) is 22.3 Å². The van der Waals surface area contributed by atoms with E-state index in [0.29, 0.717) is 17.4 Å². The molecule has 0 fully saturated rings. The molecule has 5 nitrogen and oxygen atoms in total. The van der Waals surface area contributed by atoms with E-state index in [-0.39, 0.29) is 13.1 Å². The Hall–Kier alpha value is -2.58. The molecule has 130 valence electrons. The Labute approximate surface area is 143 Å². The lowest BCUT2D eigenvalue weighted by atomic mass is 10.3. The smallest absolute Gasteiger partial charge is 0.246 e. The van der Waals surface area contributed by atoms with Gasteiger partial charge < -0.3 is 4.42 Å². The summed E-state index contributed by atoms with van der Waals surface area (Å²) in [5.41, 5.74) is 0.625. The minimum Gasteiger partial charge on any atom is -0.468 e. The number of sulfonamides is 1. The van der Waals surface area contributed by atoms with Crippen LogP contribution in [0.1, 0.15) is 11.3 Å². The van der Waals surface area contributed by atoms with Crippen molar-refractivity contribution in [2.45, 2.75) is 18.0 Å². The number of rotatable bonds is 6. The zero-order chi connectivity index (χ0) is 17.9. The first-order valence-corrected chi connectivity index (χ1v) is 8.77. The highest BCUT2D eigenvalue weighted by atomic mass is 32.2. The van der Waals surface area contributed by atoms with E-state index >= 15 is 0 Å². The zero-order valence-electron chi connectivity index (χ0n) is 13.0. The van der Waals surface area contributed by atoms with E-state index in [1.807, 2.05) is 0 Å². The summed E-state index contributed by atoms with van der Waals surface area (Å²) >= 11 is 0. The van der Waals surface area contributed by atoms with Gasteiger partial charge in [-0.25, -0.2) is 17.2 Å². The van der Waals surface area contributed by atoms with E-state index in [1.165, 1.54) is 12.5 Å². The largest absolute Gasteiger partial charge is 0.468 e. The van der Waals surface area contributed by atoms with E-state index in [4.69, 9.17) is 4.42 Å². The number of pyridine rings is 1. The highest BCUT2D eigenvalue weighted by molar-refractivity contribution is 7.89. The Bertz CT molecular complexity index is 945. The molecule has 0 spiro atoms. The Morgan fingerprint density at radius 3 is 2.56 bits per heavy atom. The Kier molecular flexibility index (Phi) is 4.91. The van der Waals surface area contributed by atoms with E-state index in [0.717, 1.165) is 16.4 Å². The van der Waals surface area contributed by atoms with Crippen LogP contribution in [0.25, 0.3) is 0 Å². The second-order valence-corrected chi connectivity index (χ2v) is 7.19. The monoisotopic (exact) mass is 364 g/mol. The van der Waals surface area contributed by atoms with Crippen LogP contribution in [0.2, 0.25) is 0 Å². The predicted molar refractivity (Wildman–Crippen MR) is 85.7 cm³/mol. The molecule has 0 N–H and O–H groups in total. The van der Waals surface area contributed by atoms with E-state index in [1.54, 1.807) is 30.5 Å². The Morgan fingerprint density at radius 1 is 1.08 bits per heavy atom. The fraction of sp³-hybridized carbons (Fsp3) is 0.118. The molecular formula is C17H14F2N2O3S. The lowest BCUT2D eigenvalue weighted by molar-refractivity contribution is 0.356. The van der Waals surface area contributed by atoms with Gasteiger partial charge in [-0.05, 0) is 35.9 Å². The average molecular weight is 364 g/mol. The number of halogens is 2. The summed E-state index contributed by atoms with van der Waals surface area (Å²) in [5.74, 6) is -1.59. The van der Waals surface area contributed by atoms with Crippen LogP contribution in [0.3, 0.4) is 0 Å². The van der Waals surface area contributed by atoms with Crippen LogP contribution in [0.15, 0.2) is 70.4 Å². The molecule has 1 aromatic carbocycles. The van der Waals surface area contributed by atoms with Gasteiger partial charge in [0.15, 0.2) is 0 Å². The quantitative estimate of drug-likeness (QED) is 0.673. The van der Waals surface area contributed by atoms with Crippen molar-refractivity contribution in [2.75, 3.05) is 0 Å². The molecule has 0 aliphatic heterocycles. The van der Waals surface area contributed by atoms with Crippen LogP contribution in [-0.4, -0.2) is 17.7 Å². The molecule has 2 heterocycles. The van der Waals surface area contributed by atoms with Crippen molar-refractivity contribution in [3.05, 3.63) is 84.1 Å². The minimum atomic E-state index is -4.22. The SMILES string of the molecule is O=S(=O)(c1ccc(F)cc1F)N(Cc1cccnc1)Cc1ccco1. The standard InChI is InChI=1S/C17H14F2N2O3S/c18-14-5-6-17(16(19)9-14)25(22,23)21(12-15-4-2-8-24-15)11-13-3-1-7-20-10-13/h1-10H,11-12H2. The summed E-state index contributed by atoms with van der Waals surface area (Å²) in [6, 6.07) is 8.99. The molecule has 3 rings (SSSR count). The van der Waals surface area contributed by atoms with Crippen molar-refractivity contribution in [3.8, 4) is 0 Å². The molecule has 0 aliphatic rings. The molecule has 0 saturated heterocycles. The summed E-state index contributed by atoms with van der Waals surface area (Å²) in [5, 5.41) is 0. The van der Waals surface area contributed by atoms with Crippen LogP contribution >= 0.6 is 0 Å². The number of nitrogens with zero attached hydrogens (tertiary/aromatic N) is 2. The zero-order valence-corrected chi connectivity index (χ0v) is 13.8. The molecule has 0 bridgehead atoms. The fourth-order valence-corrected chi connectivity index (χ4v) is 3.76. The molecule has 0 amide bonds. The average Bonchev–Trinajstić information content (AvgIpc) is 3.08. The second kappa shape index (κ2) is 7.12. The molecule has 2 aromatic heterocycles. The van der Waals surface area contributed by atoms with Gasteiger partial charge in [0.2, 0.25) is 10.0 Å². The summed E-state index contributed by atoms with van der Waals surface area (Å²) in [4.78, 5) is 3.36. The lowest BCUT2D eigenvalue weighted by Gasteiger charge is -2.21. The first-order chi connectivity index (χ1) is 12.0. The van der Waals surface area contributed by atoms with Gasteiger partial charge in [-0.3, -0.25) is 4.98 Å². The molecule has 25 heavy (non-hydrogen) atoms. The molecule has 0 saturated carbocycles. The maximum absolute atomic E-state index is 14.0. The maximum Gasteiger partial charge on any atom is 0.246 e. The number of hydrogen-bond donors (Lipinski definition) is 0. The van der Waals surface area contributed by atoms with Crippen molar-refractivity contribution in [3.63, 3.8) is 0 Å². The van der Waals surface area contributed by atoms with Gasteiger partial charge in [-0.2, -0.15) is 4.31 Å². The molecule has 8 heteroatoms. The molecule has 0 aliphatic carbocycles. The molecule has 3 aromatic rings. The van der Waals surface area contributed by atoms with Gasteiger partial charge in [0, 0.05) is 25.0 Å². The second-order valence-electron chi connectivity index (χ2n) is 5.29. The third-order valence-corrected chi connectivity index (χ3v) is 5.33. The number of hydrogen-bond acceptors (Lipinski definition) is 4. The number of aromatic nitrogens is 1. The Morgan fingerprint density at radius 2 is 1.92 bits per heavy atom. The molecular weight excluding hydrogens is 350 g/mol. The van der Waals surface area contributed by atoms with Crippen molar-refractivity contribution in [1.29, 1.82) is 0 Å². The summed E-state index contributed by atoms with van der Waals surface area (Å²) in [7, 11) is -4.22. The van der Waals surface area contributed by atoms with Crippen LogP contribution in [0.4, 0.5) is 8.78 Å².